The van der Waals surface area contributed by atoms with E-state index in [0.29, 0.717) is 30.2 Å². The van der Waals surface area contributed by atoms with Crippen LogP contribution in [0.1, 0.15) is 95.1 Å². The molecule has 2 aliphatic carbocycles. The van der Waals surface area contributed by atoms with Crippen molar-refractivity contribution >= 4 is 0 Å². The molecule has 2 fully saturated rings. The largest absolute Gasteiger partial charge is 0.488 e. The molecule has 0 aromatic heterocycles. The molecular formula is C38H41F7O2. The minimum Gasteiger partial charge on any atom is -0.488 e. The number of alkyl halides is 2. The van der Waals surface area contributed by atoms with Gasteiger partial charge < -0.3 is 9.47 Å². The van der Waals surface area contributed by atoms with Crippen molar-refractivity contribution in [3.8, 4) is 22.6 Å². The van der Waals surface area contributed by atoms with Gasteiger partial charge in [0.25, 0.3) is 0 Å². The molecule has 2 aliphatic rings. The lowest BCUT2D eigenvalue weighted by atomic mass is 9.68. The molecule has 2 nitrogen and oxygen atoms in total. The van der Waals surface area contributed by atoms with E-state index in [9.17, 15) is 17.6 Å². The highest BCUT2D eigenvalue weighted by Crippen LogP contribution is 2.45. The summed E-state index contributed by atoms with van der Waals surface area (Å²) in [5, 5.41) is 0. The normalized spacial score (nSPS) is 22.1. The third-order valence-corrected chi connectivity index (χ3v) is 9.92. The van der Waals surface area contributed by atoms with Crippen molar-refractivity contribution in [2.45, 2.75) is 90.1 Å². The van der Waals surface area contributed by atoms with E-state index < -0.39 is 52.3 Å². The van der Waals surface area contributed by atoms with Crippen LogP contribution in [0.25, 0.3) is 11.1 Å². The summed E-state index contributed by atoms with van der Waals surface area (Å²) < 4.78 is 113. The monoisotopic (exact) mass is 662 g/mol. The summed E-state index contributed by atoms with van der Waals surface area (Å²) in [5.74, 6) is -6.13. The zero-order valence-electron chi connectivity index (χ0n) is 26.7. The van der Waals surface area contributed by atoms with Crippen LogP contribution < -0.4 is 9.47 Å². The number of halogens is 7. The molecule has 9 heteroatoms. The fraction of sp³-hybridized carbons (Fsp3) is 0.474. The van der Waals surface area contributed by atoms with E-state index in [0.717, 1.165) is 49.5 Å². The first-order valence-corrected chi connectivity index (χ1v) is 16.6. The zero-order valence-corrected chi connectivity index (χ0v) is 26.7. The van der Waals surface area contributed by atoms with Crippen LogP contribution in [-0.4, -0.2) is 6.61 Å². The minimum atomic E-state index is -4.65. The lowest BCUT2D eigenvalue weighted by molar-refractivity contribution is -0.189. The SMILES string of the molecule is C/C=C/CCC1CCC(C2CCC(c3ccc(-c4cc(F)c(C(F)(F)Oc5cc(F)c(OCC)c(F)c5)c(F)c4)c(F)c3)CC2)CC1. The summed E-state index contributed by atoms with van der Waals surface area (Å²) in [5.41, 5.74) is -1.37. The average Bonchev–Trinajstić information content (AvgIpc) is 3.02. The van der Waals surface area contributed by atoms with Crippen molar-refractivity contribution in [3.63, 3.8) is 0 Å². The quantitative estimate of drug-likeness (QED) is 0.150. The molecule has 0 spiro atoms. The molecule has 0 saturated heterocycles. The van der Waals surface area contributed by atoms with E-state index in [1.54, 1.807) is 6.07 Å². The van der Waals surface area contributed by atoms with Crippen LogP contribution in [-0.2, 0) is 6.11 Å². The third kappa shape index (κ3) is 8.15. The van der Waals surface area contributed by atoms with Gasteiger partial charge in [0.1, 0.15) is 28.8 Å². The van der Waals surface area contributed by atoms with Crippen LogP contribution in [0.15, 0.2) is 54.6 Å². The van der Waals surface area contributed by atoms with Crippen molar-refractivity contribution in [3.05, 3.63) is 94.8 Å². The summed E-state index contributed by atoms with van der Waals surface area (Å²) in [6.45, 7) is 3.44. The molecule has 0 aliphatic heterocycles. The highest BCUT2D eigenvalue weighted by Gasteiger charge is 2.42. The Morgan fingerprint density at radius 1 is 0.745 bits per heavy atom. The fourth-order valence-electron chi connectivity index (χ4n) is 7.47. The minimum absolute atomic E-state index is 0.0873. The number of rotatable bonds is 11. The molecule has 47 heavy (non-hydrogen) atoms. The number of benzene rings is 3. The van der Waals surface area contributed by atoms with Gasteiger partial charge in [-0.3, -0.25) is 0 Å². The second kappa shape index (κ2) is 15.2. The standard InChI is InChI=1S/C38H41F7O2/c1-3-5-6-7-23-8-10-24(11-9-23)25-12-14-26(15-13-25)27-16-17-30(31(39)18-27)28-19-32(40)36(33(41)20-28)38(44,45)47-29-21-34(42)37(46-4-2)35(43)22-29/h3,5,16-26H,4,6-15H2,1-2H3/b5-3+. The first-order chi connectivity index (χ1) is 22.5. The lowest BCUT2D eigenvalue weighted by Gasteiger charge is -2.38. The number of hydrogen-bond acceptors (Lipinski definition) is 2. The maximum Gasteiger partial charge on any atom is 0.432 e. The molecule has 0 atom stereocenters. The Balaban J connectivity index is 1.23. The second-order valence-electron chi connectivity index (χ2n) is 12.9. The van der Waals surface area contributed by atoms with Crippen LogP contribution in [0.2, 0.25) is 0 Å². The van der Waals surface area contributed by atoms with Crippen LogP contribution in [0.4, 0.5) is 30.7 Å². The number of hydrogen-bond donors (Lipinski definition) is 0. The molecule has 0 N–H and O–H groups in total. The molecule has 3 aromatic carbocycles. The van der Waals surface area contributed by atoms with Gasteiger partial charge in [-0.2, -0.15) is 8.78 Å². The first-order valence-electron chi connectivity index (χ1n) is 16.6. The predicted molar refractivity (Wildman–Crippen MR) is 168 cm³/mol. The number of ether oxygens (including phenoxy) is 2. The summed E-state index contributed by atoms with van der Waals surface area (Å²) in [6, 6.07) is 6.55. The molecular weight excluding hydrogens is 621 g/mol. The van der Waals surface area contributed by atoms with Crippen molar-refractivity contribution in [2.75, 3.05) is 6.61 Å². The molecule has 0 amide bonds. The fourth-order valence-corrected chi connectivity index (χ4v) is 7.47. The predicted octanol–water partition coefficient (Wildman–Crippen LogP) is 12.0. The molecule has 254 valence electrons. The molecule has 0 heterocycles. The van der Waals surface area contributed by atoms with Gasteiger partial charge >= 0.3 is 6.11 Å². The van der Waals surface area contributed by atoms with E-state index in [1.807, 2.05) is 0 Å². The van der Waals surface area contributed by atoms with Crippen molar-refractivity contribution in [1.82, 2.24) is 0 Å². The zero-order chi connectivity index (χ0) is 33.7. The highest BCUT2D eigenvalue weighted by atomic mass is 19.3. The van der Waals surface area contributed by atoms with Gasteiger partial charge in [0.15, 0.2) is 17.4 Å². The van der Waals surface area contributed by atoms with Crippen molar-refractivity contribution in [1.29, 1.82) is 0 Å². The topological polar surface area (TPSA) is 18.5 Å². The molecule has 0 radical (unpaired) electrons. The van der Waals surface area contributed by atoms with Crippen LogP contribution >= 0.6 is 0 Å². The lowest BCUT2D eigenvalue weighted by Crippen LogP contribution is -2.25. The van der Waals surface area contributed by atoms with Gasteiger partial charge in [0.05, 0.1) is 6.61 Å². The molecule has 0 unspecified atom stereocenters. The third-order valence-electron chi connectivity index (χ3n) is 9.92. The Morgan fingerprint density at radius 3 is 1.89 bits per heavy atom. The first kappa shape index (κ1) is 34.8. The maximum absolute atomic E-state index is 15.4. The van der Waals surface area contributed by atoms with E-state index in [-0.39, 0.29) is 23.7 Å². The molecule has 0 bridgehead atoms. The average molecular weight is 663 g/mol. The Bertz CT molecular complexity index is 1510. The van der Waals surface area contributed by atoms with Gasteiger partial charge in [0, 0.05) is 17.7 Å². The van der Waals surface area contributed by atoms with Crippen molar-refractivity contribution in [2.24, 2.45) is 17.8 Å². The Morgan fingerprint density at radius 2 is 1.34 bits per heavy atom. The Hall–Kier alpha value is -3.49. The summed E-state index contributed by atoms with van der Waals surface area (Å²) in [4.78, 5) is 0. The van der Waals surface area contributed by atoms with Crippen LogP contribution in [0, 0.1) is 46.8 Å². The molecule has 3 aromatic rings. The second-order valence-corrected chi connectivity index (χ2v) is 12.9. The smallest absolute Gasteiger partial charge is 0.432 e. The maximum atomic E-state index is 15.4. The van der Waals surface area contributed by atoms with E-state index in [4.69, 9.17) is 4.74 Å². The highest BCUT2D eigenvalue weighted by molar-refractivity contribution is 5.65. The summed E-state index contributed by atoms with van der Waals surface area (Å²) in [6.07, 6.45) is 11.4. The van der Waals surface area contributed by atoms with E-state index in [1.165, 1.54) is 51.2 Å². The number of allylic oxidation sites excluding steroid dienone is 2. The molecule has 5 rings (SSSR count). The van der Waals surface area contributed by atoms with E-state index in [2.05, 4.69) is 23.8 Å². The Kier molecular flexibility index (Phi) is 11.2. The van der Waals surface area contributed by atoms with Gasteiger partial charge in [0.2, 0.25) is 0 Å². The van der Waals surface area contributed by atoms with Crippen LogP contribution in [0.3, 0.4) is 0 Å². The Labute approximate surface area is 272 Å². The van der Waals surface area contributed by atoms with Gasteiger partial charge in [-0.1, -0.05) is 37.1 Å². The summed E-state index contributed by atoms with van der Waals surface area (Å²) >= 11 is 0. The van der Waals surface area contributed by atoms with Gasteiger partial charge in [-0.15, -0.1) is 0 Å². The van der Waals surface area contributed by atoms with Gasteiger partial charge in [-0.05, 0) is 118 Å². The van der Waals surface area contributed by atoms with Crippen LogP contribution in [0.5, 0.6) is 11.5 Å². The summed E-state index contributed by atoms with van der Waals surface area (Å²) in [7, 11) is 0. The molecule has 2 saturated carbocycles. The van der Waals surface area contributed by atoms with Crippen molar-refractivity contribution < 1.29 is 40.2 Å². The van der Waals surface area contributed by atoms with E-state index >= 15 is 13.2 Å². The van der Waals surface area contributed by atoms with Gasteiger partial charge in [-0.25, -0.2) is 22.0 Å².